The third kappa shape index (κ3) is 2.32. The molecule has 2 aliphatic rings. The van der Waals surface area contributed by atoms with Crippen molar-refractivity contribution in [3.63, 3.8) is 0 Å². The Labute approximate surface area is 109 Å². The highest BCUT2D eigenvalue weighted by atomic mass is 16.5. The average molecular weight is 246 g/mol. The maximum atomic E-state index is 6.13. The number of nitrogens with two attached hydrogens (primary N) is 1. The van der Waals surface area contributed by atoms with E-state index in [4.69, 9.17) is 10.5 Å². The van der Waals surface area contributed by atoms with Gasteiger partial charge in [0.15, 0.2) is 0 Å². The van der Waals surface area contributed by atoms with Crippen molar-refractivity contribution in [3.8, 4) is 5.75 Å². The zero-order valence-corrected chi connectivity index (χ0v) is 10.8. The van der Waals surface area contributed by atoms with Crippen LogP contribution in [-0.4, -0.2) is 25.2 Å². The van der Waals surface area contributed by atoms with Crippen LogP contribution < -0.4 is 15.4 Å². The molecule has 1 fully saturated rings. The molecule has 1 aromatic rings. The fraction of sp³-hybridized carbons (Fsp3) is 0.600. The predicted octanol–water partition coefficient (Wildman–Crippen LogP) is 2.55. The Morgan fingerprint density at radius 1 is 1.17 bits per heavy atom. The molecule has 0 aromatic heterocycles. The van der Waals surface area contributed by atoms with E-state index in [1.807, 2.05) is 0 Å². The van der Waals surface area contributed by atoms with Crippen molar-refractivity contribution in [2.75, 3.05) is 18.1 Å². The Kier molecular flexibility index (Phi) is 3.41. The first-order valence-electron chi connectivity index (χ1n) is 7.08. The number of benzene rings is 1. The van der Waals surface area contributed by atoms with Crippen molar-refractivity contribution < 1.29 is 4.74 Å². The zero-order valence-electron chi connectivity index (χ0n) is 10.8. The number of ether oxygens (including phenoxy) is 1. The topological polar surface area (TPSA) is 38.5 Å². The number of anilines is 1. The molecule has 1 saturated carbocycles. The Bertz CT molecular complexity index is 407. The minimum Gasteiger partial charge on any atom is -0.491 e. The SMILES string of the molecule is NC1CCCC(N2CCCOc3ccccc32)C1. The van der Waals surface area contributed by atoms with Crippen molar-refractivity contribution in [1.29, 1.82) is 0 Å². The second kappa shape index (κ2) is 5.19. The van der Waals surface area contributed by atoms with Crippen LogP contribution in [0.3, 0.4) is 0 Å². The third-order valence-corrected chi connectivity index (χ3v) is 4.10. The van der Waals surface area contributed by atoms with E-state index in [0.29, 0.717) is 12.1 Å². The smallest absolute Gasteiger partial charge is 0.142 e. The van der Waals surface area contributed by atoms with Gasteiger partial charge in [0.25, 0.3) is 0 Å². The molecular formula is C15H22N2O. The fourth-order valence-corrected chi connectivity index (χ4v) is 3.22. The van der Waals surface area contributed by atoms with E-state index in [2.05, 4.69) is 29.2 Å². The van der Waals surface area contributed by atoms with Gasteiger partial charge in [0.05, 0.1) is 12.3 Å². The lowest BCUT2D eigenvalue weighted by Crippen LogP contribution is -2.43. The summed E-state index contributed by atoms with van der Waals surface area (Å²) in [7, 11) is 0. The van der Waals surface area contributed by atoms with E-state index < -0.39 is 0 Å². The third-order valence-electron chi connectivity index (χ3n) is 4.10. The lowest BCUT2D eigenvalue weighted by molar-refractivity contribution is 0.320. The summed E-state index contributed by atoms with van der Waals surface area (Å²) < 4.78 is 5.82. The van der Waals surface area contributed by atoms with Crippen LogP contribution in [-0.2, 0) is 0 Å². The largest absolute Gasteiger partial charge is 0.491 e. The van der Waals surface area contributed by atoms with Crippen LogP contribution in [0, 0.1) is 0 Å². The number of para-hydroxylation sites is 2. The molecule has 3 rings (SSSR count). The molecule has 0 spiro atoms. The number of hydrogen-bond acceptors (Lipinski definition) is 3. The number of hydrogen-bond donors (Lipinski definition) is 1. The Balaban J connectivity index is 1.86. The first-order chi connectivity index (χ1) is 8.84. The lowest BCUT2D eigenvalue weighted by atomic mass is 9.90. The monoisotopic (exact) mass is 246 g/mol. The molecule has 1 aliphatic carbocycles. The van der Waals surface area contributed by atoms with Crippen LogP contribution in [0.5, 0.6) is 5.75 Å². The van der Waals surface area contributed by atoms with Crippen LogP contribution >= 0.6 is 0 Å². The molecule has 1 aromatic carbocycles. The standard InChI is InChI=1S/C15H22N2O/c16-12-5-3-6-13(11-12)17-9-4-10-18-15-8-2-1-7-14(15)17/h1-2,7-8,12-13H,3-6,9-11,16H2. The Morgan fingerprint density at radius 2 is 2.06 bits per heavy atom. The van der Waals surface area contributed by atoms with Crippen LogP contribution in [0.15, 0.2) is 24.3 Å². The van der Waals surface area contributed by atoms with Gasteiger partial charge in [-0.2, -0.15) is 0 Å². The average Bonchev–Trinajstić information content (AvgIpc) is 2.61. The summed E-state index contributed by atoms with van der Waals surface area (Å²) in [6, 6.07) is 9.38. The molecule has 3 heteroatoms. The van der Waals surface area contributed by atoms with Crippen molar-refractivity contribution in [1.82, 2.24) is 0 Å². The van der Waals surface area contributed by atoms with Gasteiger partial charge in [-0.3, -0.25) is 0 Å². The number of nitrogens with zero attached hydrogens (tertiary/aromatic N) is 1. The summed E-state index contributed by atoms with van der Waals surface area (Å²) >= 11 is 0. The van der Waals surface area contributed by atoms with Gasteiger partial charge in [0.1, 0.15) is 5.75 Å². The highest BCUT2D eigenvalue weighted by Gasteiger charge is 2.27. The second-order valence-corrected chi connectivity index (χ2v) is 5.44. The Hall–Kier alpha value is -1.22. The summed E-state index contributed by atoms with van der Waals surface area (Å²) in [6.07, 6.45) is 5.92. The molecule has 0 bridgehead atoms. The van der Waals surface area contributed by atoms with E-state index >= 15 is 0 Å². The molecule has 18 heavy (non-hydrogen) atoms. The molecule has 2 unspecified atom stereocenters. The highest BCUT2D eigenvalue weighted by Crippen LogP contribution is 2.35. The van der Waals surface area contributed by atoms with E-state index in [1.54, 1.807) is 0 Å². The molecule has 98 valence electrons. The minimum atomic E-state index is 0.375. The van der Waals surface area contributed by atoms with Crippen LogP contribution in [0.4, 0.5) is 5.69 Å². The van der Waals surface area contributed by atoms with Crippen molar-refractivity contribution >= 4 is 5.69 Å². The van der Waals surface area contributed by atoms with E-state index in [1.165, 1.54) is 24.9 Å². The zero-order chi connectivity index (χ0) is 12.4. The molecule has 2 atom stereocenters. The van der Waals surface area contributed by atoms with Crippen LogP contribution in [0.2, 0.25) is 0 Å². The summed E-state index contributed by atoms with van der Waals surface area (Å²) in [5.74, 6) is 1.04. The van der Waals surface area contributed by atoms with Crippen LogP contribution in [0.25, 0.3) is 0 Å². The summed E-state index contributed by atoms with van der Waals surface area (Å²) in [5.41, 5.74) is 7.39. The normalized spacial score (nSPS) is 28.2. The van der Waals surface area contributed by atoms with Gasteiger partial charge < -0.3 is 15.4 Å². The van der Waals surface area contributed by atoms with Crippen molar-refractivity contribution in [2.24, 2.45) is 5.73 Å². The first-order valence-corrected chi connectivity index (χ1v) is 7.08. The summed E-state index contributed by atoms with van der Waals surface area (Å²) in [5, 5.41) is 0. The molecule has 0 radical (unpaired) electrons. The quantitative estimate of drug-likeness (QED) is 0.827. The van der Waals surface area contributed by atoms with Gasteiger partial charge in [-0.25, -0.2) is 0 Å². The fourth-order valence-electron chi connectivity index (χ4n) is 3.22. The van der Waals surface area contributed by atoms with Gasteiger partial charge in [0, 0.05) is 18.6 Å². The number of rotatable bonds is 1. The molecule has 1 aliphatic heterocycles. The molecule has 1 heterocycles. The molecule has 2 N–H and O–H groups in total. The van der Waals surface area contributed by atoms with Gasteiger partial charge >= 0.3 is 0 Å². The first kappa shape index (κ1) is 11.8. The lowest BCUT2D eigenvalue weighted by Gasteiger charge is -2.37. The van der Waals surface area contributed by atoms with E-state index in [-0.39, 0.29) is 0 Å². The summed E-state index contributed by atoms with van der Waals surface area (Å²) in [6.45, 7) is 1.92. The molecular weight excluding hydrogens is 224 g/mol. The molecule has 0 saturated heterocycles. The maximum absolute atomic E-state index is 6.13. The molecule has 3 nitrogen and oxygen atoms in total. The Morgan fingerprint density at radius 3 is 2.94 bits per heavy atom. The van der Waals surface area contributed by atoms with Gasteiger partial charge in [-0.1, -0.05) is 12.1 Å². The highest BCUT2D eigenvalue weighted by molar-refractivity contribution is 5.59. The van der Waals surface area contributed by atoms with Crippen molar-refractivity contribution in [3.05, 3.63) is 24.3 Å². The maximum Gasteiger partial charge on any atom is 0.142 e. The van der Waals surface area contributed by atoms with Gasteiger partial charge in [0.2, 0.25) is 0 Å². The van der Waals surface area contributed by atoms with Gasteiger partial charge in [-0.15, -0.1) is 0 Å². The molecule has 0 amide bonds. The predicted molar refractivity (Wildman–Crippen MR) is 74.1 cm³/mol. The second-order valence-electron chi connectivity index (χ2n) is 5.44. The van der Waals surface area contributed by atoms with Crippen LogP contribution in [0.1, 0.15) is 32.1 Å². The number of fused-ring (bicyclic) bond motifs is 1. The van der Waals surface area contributed by atoms with E-state index in [9.17, 15) is 0 Å². The van der Waals surface area contributed by atoms with Crippen molar-refractivity contribution in [2.45, 2.75) is 44.2 Å². The summed E-state index contributed by atoms with van der Waals surface area (Å²) in [4.78, 5) is 2.53. The minimum absolute atomic E-state index is 0.375. The van der Waals surface area contributed by atoms with E-state index in [0.717, 1.165) is 31.7 Å². The van der Waals surface area contributed by atoms with Gasteiger partial charge in [-0.05, 0) is 44.2 Å².